The van der Waals surface area contributed by atoms with Crippen molar-refractivity contribution in [2.75, 3.05) is 32.9 Å². The fourth-order valence-corrected chi connectivity index (χ4v) is 11.8. The summed E-state index contributed by atoms with van der Waals surface area (Å²) in [7, 11) is 0. The molecule has 2 spiro atoms. The minimum atomic E-state index is -0.339. The Bertz CT molecular complexity index is 1160. The molecule has 2 amide bonds. The average Bonchev–Trinajstić information content (AvgIpc) is 3.34. The number of rotatable bonds is 3. The maximum absolute atomic E-state index is 12.9. The van der Waals surface area contributed by atoms with E-state index in [-0.39, 0.29) is 40.9 Å². The lowest BCUT2D eigenvalue weighted by atomic mass is 9.46. The molecule has 4 heterocycles. The zero-order valence-electron chi connectivity index (χ0n) is 26.3. The third kappa shape index (κ3) is 4.00. The summed E-state index contributed by atoms with van der Waals surface area (Å²) in [5.74, 6) is 3.40. The maximum Gasteiger partial charge on any atom is 0.232 e. The van der Waals surface area contributed by atoms with Gasteiger partial charge in [-0.05, 0) is 91.8 Å². The van der Waals surface area contributed by atoms with Crippen LogP contribution in [0.5, 0.6) is 0 Å². The van der Waals surface area contributed by atoms with Gasteiger partial charge in [-0.25, -0.2) is 0 Å². The normalized spacial score (nSPS) is 50.1. The highest BCUT2D eigenvalue weighted by atomic mass is 16.7. The van der Waals surface area contributed by atoms with Gasteiger partial charge in [-0.15, -0.1) is 0 Å². The van der Waals surface area contributed by atoms with Crippen LogP contribution in [0.4, 0.5) is 0 Å². The van der Waals surface area contributed by atoms with Crippen LogP contribution in [0, 0.1) is 51.8 Å². The highest BCUT2D eigenvalue weighted by Gasteiger charge is 2.68. The van der Waals surface area contributed by atoms with E-state index in [0.717, 1.165) is 76.3 Å². The van der Waals surface area contributed by atoms with Crippen molar-refractivity contribution in [2.24, 2.45) is 51.8 Å². The monoisotopic (exact) mass is 580 g/mol. The Kier molecular flexibility index (Phi) is 6.37. The molecule has 11 atom stereocenters. The van der Waals surface area contributed by atoms with Crippen molar-refractivity contribution >= 4 is 11.8 Å². The molecule has 0 aromatic heterocycles. The fraction of sp³-hybridized carbons (Fsp3) is 0.886. The lowest BCUT2D eigenvalue weighted by Crippen LogP contribution is -2.67. The number of nitrogens with one attached hydrogen (secondary N) is 1. The number of hydrogen-bond donors (Lipinski definition) is 1. The van der Waals surface area contributed by atoms with Crippen LogP contribution in [-0.4, -0.2) is 67.6 Å². The minimum Gasteiger partial charge on any atom is -0.380 e. The summed E-state index contributed by atoms with van der Waals surface area (Å²) in [6, 6.07) is 0.146. The van der Waals surface area contributed by atoms with Crippen molar-refractivity contribution in [2.45, 2.75) is 110 Å². The molecule has 1 unspecified atom stereocenters. The van der Waals surface area contributed by atoms with E-state index in [2.05, 4.69) is 39.1 Å². The van der Waals surface area contributed by atoms with Gasteiger partial charge in [-0.3, -0.25) is 9.59 Å². The molecule has 0 aromatic carbocycles. The molecule has 42 heavy (non-hydrogen) atoms. The summed E-state index contributed by atoms with van der Waals surface area (Å²) in [5, 5.41) is 3.25. The molecular weight excluding hydrogens is 528 g/mol. The Hall–Kier alpha value is -1.44. The molecule has 0 aromatic rings. The number of amides is 2. The third-order valence-electron chi connectivity index (χ3n) is 14.3. The van der Waals surface area contributed by atoms with E-state index in [1.165, 1.54) is 32.1 Å². The molecule has 4 aliphatic heterocycles. The molecule has 0 radical (unpaired) electrons. The molecule has 4 aliphatic carbocycles. The second-order valence-corrected chi connectivity index (χ2v) is 16.7. The van der Waals surface area contributed by atoms with Gasteiger partial charge in [0.2, 0.25) is 11.8 Å². The first-order valence-electron chi connectivity index (χ1n) is 17.2. The Morgan fingerprint density at radius 2 is 1.86 bits per heavy atom. The summed E-state index contributed by atoms with van der Waals surface area (Å²) >= 11 is 0. The van der Waals surface area contributed by atoms with Crippen LogP contribution in [0.15, 0.2) is 11.6 Å². The molecule has 3 saturated carbocycles. The summed E-state index contributed by atoms with van der Waals surface area (Å²) in [5.41, 5.74) is 2.32. The van der Waals surface area contributed by atoms with E-state index < -0.39 is 0 Å². The van der Waals surface area contributed by atoms with Gasteiger partial charge in [0.05, 0.1) is 31.3 Å². The van der Waals surface area contributed by atoms with Crippen molar-refractivity contribution in [3.05, 3.63) is 11.6 Å². The third-order valence-corrected chi connectivity index (χ3v) is 14.3. The minimum absolute atomic E-state index is 0.0249. The molecule has 4 saturated heterocycles. The van der Waals surface area contributed by atoms with E-state index >= 15 is 0 Å². The highest BCUT2D eigenvalue weighted by molar-refractivity contribution is 5.97. The highest BCUT2D eigenvalue weighted by Crippen LogP contribution is 2.70. The van der Waals surface area contributed by atoms with Gasteiger partial charge in [-0.1, -0.05) is 39.3 Å². The van der Waals surface area contributed by atoms with Gasteiger partial charge in [0.15, 0.2) is 5.79 Å². The standard InChI is InChI=1S/C35H52N2O5/c1-21-7-12-35(41-16-21)22(2)31-28(42-35)14-27-25-6-5-23-13-24(8-10-32(23,3)26(25)9-11-33(27,31)4)36-29(38)15-30(39)37-17-34(18-37)19-40-20-34/h5,21-22,24-28,31H,6-20H2,1-4H3,(H,36,38)/t21-,22+,24?,25-,26+,27+,28+,31+,32+,33+,35-/m1/s1. The van der Waals surface area contributed by atoms with Crippen molar-refractivity contribution in [1.82, 2.24) is 10.2 Å². The van der Waals surface area contributed by atoms with Gasteiger partial charge in [0.1, 0.15) is 6.42 Å². The molecule has 7 fully saturated rings. The van der Waals surface area contributed by atoms with Crippen LogP contribution < -0.4 is 5.32 Å². The molecule has 7 nitrogen and oxygen atoms in total. The summed E-state index contributed by atoms with van der Waals surface area (Å²) < 4.78 is 18.8. The van der Waals surface area contributed by atoms with E-state index in [4.69, 9.17) is 14.2 Å². The van der Waals surface area contributed by atoms with Crippen molar-refractivity contribution in [1.29, 1.82) is 0 Å². The molecule has 1 N–H and O–H groups in total. The number of nitrogens with zero attached hydrogens (tertiary/aromatic N) is 1. The summed E-state index contributed by atoms with van der Waals surface area (Å²) in [6.45, 7) is 13.7. The second kappa shape index (κ2) is 9.53. The smallest absolute Gasteiger partial charge is 0.232 e. The Balaban J connectivity index is 0.912. The largest absolute Gasteiger partial charge is 0.380 e. The number of hydrogen-bond acceptors (Lipinski definition) is 5. The molecular formula is C35H52N2O5. The van der Waals surface area contributed by atoms with Crippen molar-refractivity contribution < 1.29 is 23.8 Å². The number of ether oxygens (including phenoxy) is 3. The molecule has 0 bridgehead atoms. The van der Waals surface area contributed by atoms with Crippen LogP contribution in [0.1, 0.15) is 91.9 Å². The zero-order chi connectivity index (χ0) is 29.1. The SMILES string of the molecule is C[C@@H]1CC[C@@]2(OC1)O[C@H]1C[C@H]3[C@@H]4CC=C5CC(NC(=O)CC(=O)N6CC7(COC7)C6)CC[C@]5(C)[C@H]4CC[C@]3(C)[C@H]1[C@@H]2C. The first-order valence-corrected chi connectivity index (χ1v) is 17.2. The zero-order valence-corrected chi connectivity index (χ0v) is 26.3. The van der Waals surface area contributed by atoms with E-state index in [1.54, 1.807) is 5.57 Å². The number of carbonyl (C=O) groups excluding carboxylic acids is 2. The van der Waals surface area contributed by atoms with Crippen molar-refractivity contribution in [3.63, 3.8) is 0 Å². The van der Waals surface area contributed by atoms with Crippen molar-refractivity contribution in [3.8, 4) is 0 Å². The first kappa shape index (κ1) is 28.1. The summed E-state index contributed by atoms with van der Waals surface area (Å²) in [6.07, 6.45) is 13.2. The first-order chi connectivity index (χ1) is 20.0. The number of likely N-dealkylation sites (tertiary alicyclic amines) is 1. The van der Waals surface area contributed by atoms with E-state index in [1.807, 2.05) is 4.90 Å². The Morgan fingerprint density at radius 1 is 1.05 bits per heavy atom. The Labute approximate surface area is 251 Å². The number of fused-ring (bicyclic) bond motifs is 7. The quantitative estimate of drug-likeness (QED) is 0.372. The molecule has 8 rings (SSSR count). The molecule has 232 valence electrons. The second-order valence-electron chi connectivity index (χ2n) is 16.7. The lowest BCUT2D eigenvalue weighted by Gasteiger charge is -2.58. The lowest BCUT2D eigenvalue weighted by molar-refractivity contribution is -0.272. The van der Waals surface area contributed by atoms with Crippen LogP contribution in [-0.2, 0) is 23.8 Å². The predicted octanol–water partition coefficient (Wildman–Crippen LogP) is 5.09. The molecule has 8 aliphatic rings. The predicted molar refractivity (Wildman–Crippen MR) is 158 cm³/mol. The fourth-order valence-electron chi connectivity index (χ4n) is 11.8. The van der Waals surface area contributed by atoms with Crippen LogP contribution in [0.3, 0.4) is 0 Å². The van der Waals surface area contributed by atoms with E-state index in [9.17, 15) is 9.59 Å². The van der Waals surface area contributed by atoms with Gasteiger partial charge in [0.25, 0.3) is 0 Å². The number of allylic oxidation sites excluding steroid dienone is 1. The maximum atomic E-state index is 12.9. The van der Waals surface area contributed by atoms with Gasteiger partial charge >= 0.3 is 0 Å². The van der Waals surface area contributed by atoms with Crippen LogP contribution in [0.2, 0.25) is 0 Å². The van der Waals surface area contributed by atoms with Crippen LogP contribution in [0.25, 0.3) is 0 Å². The van der Waals surface area contributed by atoms with Gasteiger partial charge in [0, 0.05) is 31.5 Å². The summed E-state index contributed by atoms with van der Waals surface area (Å²) in [4.78, 5) is 27.3. The van der Waals surface area contributed by atoms with Gasteiger partial charge < -0.3 is 24.4 Å². The number of carbonyl (C=O) groups is 2. The van der Waals surface area contributed by atoms with Gasteiger partial charge in [-0.2, -0.15) is 0 Å². The average molecular weight is 581 g/mol. The van der Waals surface area contributed by atoms with E-state index in [0.29, 0.717) is 29.3 Å². The van der Waals surface area contributed by atoms with Crippen LogP contribution >= 0.6 is 0 Å². The molecule has 7 heteroatoms. The Morgan fingerprint density at radius 3 is 2.57 bits per heavy atom. The topological polar surface area (TPSA) is 77.1 Å².